The van der Waals surface area contributed by atoms with Crippen LogP contribution in [0.15, 0.2) is 60.3 Å². The smallest absolute Gasteiger partial charge is 0.416 e. The van der Waals surface area contributed by atoms with Crippen LogP contribution in [-0.4, -0.2) is 33.5 Å². The zero-order valence-electron chi connectivity index (χ0n) is 16.8. The van der Waals surface area contributed by atoms with Crippen LogP contribution in [0.2, 0.25) is 5.02 Å². The molecule has 3 rings (SSSR count). The lowest BCUT2D eigenvalue weighted by Crippen LogP contribution is -2.16. The van der Waals surface area contributed by atoms with Crippen molar-refractivity contribution in [3.63, 3.8) is 0 Å². The van der Waals surface area contributed by atoms with Gasteiger partial charge in [0.05, 0.1) is 29.1 Å². The maximum Gasteiger partial charge on any atom is 0.416 e. The van der Waals surface area contributed by atoms with Crippen molar-refractivity contribution in [2.75, 3.05) is 18.2 Å². The Morgan fingerprint density at radius 1 is 1.28 bits per heavy atom. The molecule has 0 saturated carbocycles. The molecule has 0 saturated heterocycles. The standard InChI is InChI=1S/C21H18ClF3N4O2S/c1-3-9-29-19(13-5-4-6-15(10-13)31-2)27-28-20(29)32-12-18(30)26-17-11-14(21(23,24)25)7-8-16(17)22/h3-8,10-11H,1,9,12H2,2H3,(H,26,30). The van der Waals surface area contributed by atoms with Crippen LogP contribution >= 0.6 is 23.4 Å². The third-order valence-corrected chi connectivity index (χ3v) is 5.55. The lowest BCUT2D eigenvalue weighted by atomic mass is 10.2. The summed E-state index contributed by atoms with van der Waals surface area (Å²) in [5.74, 6) is 0.571. The first kappa shape index (κ1) is 23.7. The summed E-state index contributed by atoms with van der Waals surface area (Å²) >= 11 is 7.02. The first-order valence-electron chi connectivity index (χ1n) is 9.21. The van der Waals surface area contributed by atoms with E-state index in [9.17, 15) is 18.0 Å². The van der Waals surface area contributed by atoms with Gasteiger partial charge in [-0.1, -0.05) is 41.6 Å². The van der Waals surface area contributed by atoms with Crippen molar-refractivity contribution in [1.29, 1.82) is 0 Å². The van der Waals surface area contributed by atoms with E-state index in [1.807, 2.05) is 12.1 Å². The molecule has 0 aliphatic rings. The van der Waals surface area contributed by atoms with Gasteiger partial charge in [-0.15, -0.1) is 16.8 Å². The number of ether oxygens (including phenoxy) is 1. The molecule has 0 aliphatic heterocycles. The molecule has 2 aromatic carbocycles. The van der Waals surface area contributed by atoms with Crippen LogP contribution in [0.4, 0.5) is 18.9 Å². The zero-order valence-corrected chi connectivity index (χ0v) is 18.4. The Labute approximate surface area is 191 Å². The molecular formula is C21H18ClF3N4O2S. The minimum atomic E-state index is -4.55. The van der Waals surface area contributed by atoms with Gasteiger partial charge in [-0.25, -0.2) is 0 Å². The van der Waals surface area contributed by atoms with E-state index in [0.717, 1.165) is 35.5 Å². The molecule has 32 heavy (non-hydrogen) atoms. The summed E-state index contributed by atoms with van der Waals surface area (Å²) in [5, 5.41) is 11.2. The monoisotopic (exact) mass is 482 g/mol. The number of allylic oxidation sites excluding steroid dienone is 1. The molecule has 1 N–H and O–H groups in total. The highest BCUT2D eigenvalue weighted by molar-refractivity contribution is 7.99. The summed E-state index contributed by atoms with van der Waals surface area (Å²) in [5.41, 5.74) is -0.249. The normalized spacial score (nSPS) is 11.3. The van der Waals surface area contributed by atoms with Gasteiger partial charge >= 0.3 is 6.18 Å². The number of hydrogen-bond donors (Lipinski definition) is 1. The van der Waals surface area contributed by atoms with Crippen LogP contribution in [0, 0.1) is 0 Å². The average molecular weight is 483 g/mol. The second-order valence-electron chi connectivity index (χ2n) is 6.47. The van der Waals surface area contributed by atoms with Gasteiger partial charge < -0.3 is 10.1 Å². The largest absolute Gasteiger partial charge is 0.497 e. The van der Waals surface area contributed by atoms with E-state index in [2.05, 4.69) is 22.1 Å². The van der Waals surface area contributed by atoms with Gasteiger partial charge in [-0.3, -0.25) is 9.36 Å². The molecule has 3 aromatic rings. The van der Waals surface area contributed by atoms with Crippen molar-refractivity contribution in [3.8, 4) is 17.1 Å². The second-order valence-corrected chi connectivity index (χ2v) is 7.82. The van der Waals surface area contributed by atoms with Gasteiger partial charge in [0.25, 0.3) is 0 Å². The fourth-order valence-electron chi connectivity index (χ4n) is 2.78. The molecule has 6 nitrogen and oxygen atoms in total. The number of alkyl halides is 3. The average Bonchev–Trinajstić information content (AvgIpc) is 3.16. The lowest BCUT2D eigenvalue weighted by Gasteiger charge is -2.12. The summed E-state index contributed by atoms with van der Waals surface area (Å²) < 4.78 is 45.8. The van der Waals surface area contributed by atoms with Crippen molar-refractivity contribution >= 4 is 35.0 Å². The van der Waals surface area contributed by atoms with Crippen molar-refractivity contribution in [1.82, 2.24) is 14.8 Å². The number of nitrogens with zero attached hydrogens (tertiary/aromatic N) is 3. The number of anilines is 1. The number of amides is 1. The fourth-order valence-corrected chi connectivity index (χ4v) is 3.69. The third-order valence-electron chi connectivity index (χ3n) is 4.26. The fraction of sp³-hybridized carbons (Fsp3) is 0.190. The first-order valence-corrected chi connectivity index (χ1v) is 10.6. The molecule has 0 aliphatic carbocycles. The molecule has 0 atom stereocenters. The minimum Gasteiger partial charge on any atom is -0.497 e. The van der Waals surface area contributed by atoms with Crippen molar-refractivity contribution in [3.05, 3.63) is 65.7 Å². The molecule has 0 spiro atoms. The van der Waals surface area contributed by atoms with Crippen LogP contribution in [0.5, 0.6) is 5.75 Å². The molecule has 1 aromatic heterocycles. The number of carbonyl (C=O) groups excluding carboxylic acids is 1. The molecule has 1 heterocycles. The van der Waals surface area contributed by atoms with E-state index < -0.39 is 17.6 Å². The minimum absolute atomic E-state index is 0.00600. The molecule has 11 heteroatoms. The van der Waals surface area contributed by atoms with Crippen molar-refractivity contribution in [2.45, 2.75) is 17.9 Å². The predicted molar refractivity (Wildman–Crippen MR) is 118 cm³/mol. The molecule has 1 amide bonds. The van der Waals surface area contributed by atoms with Crippen molar-refractivity contribution < 1.29 is 22.7 Å². The summed E-state index contributed by atoms with van der Waals surface area (Å²) in [6, 6.07) is 10.0. The van der Waals surface area contributed by atoms with Crippen LogP contribution < -0.4 is 10.1 Å². The van der Waals surface area contributed by atoms with E-state index in [1.54, 1.807) is 29.9 Å². The number of halogens is 4. The lowest BCUT2D eigenvalue weighted by molar-refractivity contribution is -0.137. The summed E-state index contributed by atoms with van der Waals surface area (Å²) in [6.45, 7) is 4.13. The molecule has 0 unspecified atom stereocenters. The summed E-state index contributed by atoms with van der Waals surface area (Å²) in [7, 11) is 1.56. The van der Waals surface area contributed by atoms with E-state index in [1.165, 1.54) is 0 Å². The number of nitrogens with one attached hydrogen (secondary N) is 1. The molecule has 0 radical (unpaired) electrons. The highest BCUT2D eigenvalue weighted by Crippen LogP contribution is 2.34. The quantitative estimate of drug-likeness (QED) is 0.337. The predicted octanol–water partition coefficient (Wildman–Crippen LogP) is 5.54. The van der Waals surface area contributed by atoms with E-state index in [-0.39, 0.29) is 16.5 Å². The molecule has 0 bridgehead atoms. The van der Waals surface area contributed by atoms with E-state index >= 15 is 0 Å². The van der Waals surface area contributed by atoms with Crippen LogP contribution in [0.3, 0.4) is 0 Å². The number of methoxy groups -OCH3 is 1. The molecular weight excluding hydrogens is 465 g/mol. The number of hydrogen-bond acceptors (Lipinski definition) is 5. The Hall–Kier alpha value is -2.98. The number of aromatic nitrogens is 3. The third kappa shape index (κ3) is 5.63. The highest BCUT2D eigenvalue weighted by atomic mass is 35.5. The van der Waals surface area contributed by atoms with E-state index in [4.69, 9.17) is 16.3 Å². The van der Waals surface area contributed by atoms with Crippen LogP contribution in [0.1, 0.15) is 5.56 Å². The van der Waals surface area contributed by atoms with Gasteiger partial charge in [-0.05, 0) is 30.3 Å². The van der Waals surface area contributed by atoms with Gasteiger partial charge in [0.2, 0.25) is 5.91 Å². The van der Waals surface area contributed by atoms with Crippen LogP contribution in [0.25, 0.3) is 11.4 Å². The van der Waals surface area contributed by atoms with Crippen molar-refractivity contribution in [2.24, 2.45) is 0 Å². The Balaban J connectivity index is 1.75. The number of thioether (sulfide) groups is 1. The maximum absolute atomic E-state index is 12.9. The topological polar surface area (TPSA) is 69.0 Å². The number of benzene rings is 2. The van der Waals surface area contributed by atoms with Gasteiger partial charge in [0, 0.05) is 12.1 Å². The van der Waals surface area contributed by atoms with Gasteiger partial charge in [-0.2, -0.15) is 13.2 Å². The molecule has 168 valence electrons. The Kier molecular flexibility index (Phi) is 7.47. The van der Waals surface area contributed by atoms with Gasteiger partial charge in [0.1, 0.15) is 5.75 Å². The first-order chi connectivity index (χ1) is 15.2. The number of rotatable bonds is 8. The zero-order chi connectivity index (χ0) is 23.3. The van der Waals surface area contributed by atoms with Gasteiger partial charge in [0.15, 0.2) is 11.0 Å². The maximum atomic E-state index is 12.9. The second kappa shape index (κ2) is 10.1. The molecule has 0 fully saturated rings. The highest BCUT2D eigenvalue weighted by Gasteiger charge is 2.31. The Bertz CT molecular complexity index is 1130. The Morgan fingerprint density at radius 3 is 2.75 bits per heavy atom. The van der Waals surface area contributed by atoms with E-state index in [0.29, 0.717) is 23.3 Å². The summed E-state index contributed by atoms with van der Waals surface area (Å²) in [6.07, 6.45) is -2.88. The SMILES string of the molecule is C=CCn1c(SCC(=O)Nc2cc(C(F)(F)F)ccc2Cl)nnc1-c1cccc(OC)c1. The summed E-state index contributed by atoms with van der Waals surface area (Å²) in [4.78, 5) is 12.4. The van der Waals surface area contributed by atoms with Crippen LogP contribution in [-0.2, 0) is 17.5 Å². The Morgan fingerprint density at radius 2 is 2.06 bits per heavy atom. The number of carbonyl (C=O) groups is 1.